The smallest absolute Gasteiger partial charge is 0.162 e. The molecule has 0 unspecified atom stereocenters. The van der Waals surface area contributed by atoms with Crippen molar-refractivity contribution in [3.63, 3.8) is 0 Å². The minimum atomic E-state index is 0.806. The van der Waals surface area contributed by atoms with E-state index in [1.807, 2.05) is 12.1 Å². The van der Waals surface area contributed by atoms with Gasteiger partial charge in [0.25, 0.3) is 0 Å². The second-order valence-electron chi connectivity index (χ2n) is 6.10. The van der Waals surface area contributed by atoms with Crippen molar-refractivity contribution < 1.29 is 0 Å². The molecule has 0 atom stereocenters. The van der Waals surface area contributed by atoms with Crippen LogP contribution in [0.4, 0.5) is 5.82 Å². The maximum Gasteiger partial charge on any atom is 0.162 e. The van der Waals surface area contributed by atoms with Crippen LogP contribution >= 0.6 is 11.3 Å². The van der Waals surface area contributed by atoms with Crippen molar-refractivity contribution in [2.75, 3.05) is 18.0 Å². The molecular weight excluding hydrogens is 304 g/mol. The van der Waals surface area contributed by atoms with Gasteiger partial charge in [0.2, 0.25) is 0 Å². The lowest BCUT2D eigenvalue weighted by Crippen LogP contribution is -2.25. The summed E-state index contributed by atoms with van der Waals surface area (Å²) < 4.78 is 1.22. The van der Waals surface area contributed by atoms with Gasteiger partial charge in [-0.15, -0.1) is 11.3 Å². The third-order valence-electron chi connectivity index (χ3n) is 4.42. The molecule has 0 saturated carbocycles. The molecule has 0 amide bonds. The summed E-state index contributed by atoms with van der Waals surface area (Å²) >= 11 is 1.77. The maximum absolute atomic E-state index is 4.95. The van der Waals surface area contributed by atoms with Gasteiger partial charge >= 0.3 is 0 Å². The molecule has 3 aromatic rings. The topological polar surface area (TPSA) is 41.9 Å². The molecule has 0 radical (unpaired) electrons. The van der Waals surface area contributed by atoms with Gasteiger partial charge in [-0.25, -0.2) is 9.97 Å². The standard InChI is InChI=1S/C18H20N4S/c1-13-12-23-16-15(13)20-17(14-6-8-19-9-7-14)21-18(16)22-10-4-2-3-5-11-22/h6-9,12H,2-5,10-11H2,1H3. The Hall–Kier alpha value is -2.01. The summed E-state index contributed by atoms with van der Waals surface area (Å²) in [5.74, 6) is 1.92. The van der Waals surface area contributed by atoms with Gasteiger partial charge in [-0.3, -0.25) is 4.98 Å². The number of anilines is 1. The first-order valence-electron chi connectivity index (χ1n) is 8.24. The average molecular weight is 324 g/mol. The van der Waals surface area contributed by atoms with Gasteiger partial charge < -0.3 is 4.90 Å². The molecule has 4 rings (SSSR count). The van der Waals surface area contributed by atoms with E-state index in [2.05, 4.69) is 22.2 Å². The zero-order valence-corrected chi connectivity index (χ0v) is 14.1. The predicted molar refractivity (Wildman–Crippen MR) is 96.1 cm³/mol. The van der Waals surface area contributed by atoms with Gasteiger partial charge in [0.05, 0.1) is 10.2 Å². The third kappa shape index (κ3) is 2.81. The van der Waals surface area contributed by atoms with E-state index >= 15 is 0 Å². The summed E-state index contributed by atoms with van der Waals surface area (Å²) in [6.45, 7) is 4.33. The van der Waals surface area contributed by atoms with Gasteiger partial charge in [0.15, 0.2) is 11.6 Å². The predicted octanol–water partition coefficient (Wildman–Crippen LogP) is 4.44. The lowest BCUT2D eigenvalue weighted by molar-refractivity contribution is 0.726. The fourth-order valence-electron chi connectivity index (χ4n) is 3.14. The van der Waals surface area contributed by atoms with Crippen LogP contribution in [0.1, 0.15) is 31.2 Å². The van der Waals surface area contributed by atoms with Crippen molar-refractivity contribution in [1.82, 2.24) is 15.0 Å². The Morgan fingerprint density at radius 2 is 1.74 bits per heavy atom. The molecule has 0 aliphatic carbocycles. The Morgan fingerprint density at radius 3 is 2.48 bits per heavy atom. The van der Waals surface area contributed by atoms with Crippen LogP contribution in [-0.2, 0) is 0 Å². The quantitative estimate of drug-likeness (QED) is 0.699. The fourth-order valence-corrected chi connectivity index (χ4v) is 4.15. The molecular formula is C18H20N4S. The zero-order valence-electron chi connectivity index (χ0n) is 13.3. The molecule has 0 bridgehead atoms. The molecule has 23 heavy (non-hydrogen) atoms. The first kappa shape index (κ1) is 14.6. The number of rotatable bonds is 2. The van der Waals surface area contributed by atoms with Crippen LogP contribution in [-0.4, -0.2) is 28.0 Å². The SMILES string of the molecule is Cc1csc2c(N3CCCCCC3)nc(-c3ccncc3)nc12. The first-order valence-corrected chi connectivity index (χ1v) is 9.12. The summed E-state index contributed by atoms with van der Waals surface area (Å²) in [6.07, 6.45) is 8.75. The highest BCUT2D eigenvalue weighted by atomic mass is 32.1. The fraction of sp³-hybridized carbons (Fsp3) is 0.389. The minimum absolute atomic E-state index is 0.806. The van der Waals surface area contributed by atoms with Gasteiger partial charge in [-0.1, -0.05) is 12.8 Å². The summed E-state index contributed by atoms with van der Waals surface area (Å²) in [4.78, 5) is 16.3. The van der Waals surface area contributed by atoms with Crippen LogP contribution in [0.3, 0.4) is 0 Å². The van der Waals surface area contributed by atoms with Crippen molar-refractivity contribution in [3.8, 4) is 11.4 Å². The molecule has 1 fully saturated rings. The van der Waals surface area contributed by atoms with Crippen LogP contribution in [0.25, 0.3) is 21.6 Å². The van der Waals surface area contributed by atoms with E-state index in [-0.39, 0.29) is 0 Å². The molecule has 3 aromatic heterocycles. The molecule has 1 aliphatic heterocycles. The van der Waals surface area contributed by atoms with E-state index in [0.29, 0.717) is 0 Å². The Labute approximate surface area is 140 Å². The Kier molecular flexibility index (Phi) is 3.95. The molecule has 5 heteroatoms. The van der Waals surface area contributed by atoms with Crippen molar-refractivity contribution in [2.45, 2.75) is 32.6 Å². The van der Waals surface area contributed by atoms with Crippen LogP contribution in [0.15, 0.2) is 29.9 Å². The number of aromatic nitrogens is 3. The highest BCUT2D eigenvalue weighted by Crippen LogP contribution is 2.34. The second kappa shape index (κ2) is 6.24. The van der Waals surface area contributed by atoms with E-state index < -0.39 is 0 Å². The largest absolute Gasteiger partial charge is 0.355 e. The Balaban J connectivity index is 1.87. The molecule has 0 spiro atoms. The highest BCUT2D eigenvalue weighted by Gasteiger charge is 2.19. The van der Waals surface area contributed by atoms with E-state index in [9.17, 15) is 0 Å². The molecule has 0 aromatic carbocycles. The Bertz CT molecular complexity index is 805. The zero-order chi connectivity index (χ0) is 15.6. The minimum Gasteiger partial charge on any atom is -0.355 e. The van der Waals surface area contributed by atoms with Crippen molar-refractivity contribution in [2.24, 2.45) is 0 Å². The van der Waals surface area contributed by atoms with Gasteiger partial charge in [0, 0.05) is 31.0 Å². The van der Waals surface area contributed by atoms with Crippen LogP contribution in [0, 0.1) is 6.92 Å². The van der Waals surface area contributed by atoms with Gasteiger partial charge in [-0.2, -0.15) is 0 Å². The van der Waals surface area contributed by atoms with E-state index in [1.54, 1.807) is 23.7 Å². The highest BCUT2D eigenvalue weighted by molar-refractivity contribution is 7.18. The normalized spacial score (nSPS) is 15.8. The summed E-state index contributed by atoms with van der Waals surface area (Å²) in [7, 11) is 0. The second-order valence-corrected chi connectivity index (χ2v) is 6.98. The van der Waals surface area contributed by atoms with Crippen molar-refractivity contribution in [1.29, 1.82) is 0 Å². The lowest BCUT2D eigenvalue weighted by atomic mass is 10.2. The molecule has 1 aliphatic rings. The van der Waals surface area contributed by atoms with E-state index in [4.69, 9.17) is 9.97 Å². The number of hydrogen-bond acceptors (Lipinski definition) is 5. The lowest BCUT2D eigenvalue weighted by Gasteiger charge is -2.22. The van der Waals surface area contributed by atoms with Crippen LogP contribution < -0.4 is 4.90 Å². The summed E-state index contributed by atoms with van der Waals surface area (Å²) in [5.41, 5.74) is 3.36. The molecule has 118 valence electrons. The maximum atomic E-state index is 4.95. The summed E-state index contributed by atoms with van der Waals surface area (Å²) in [6, 6.07) is 3.96. The Morgan fingerprint density at radius 1 is 1.00 bits per heavy atom. The number of pyridine rings is 1. The number of thiophene rings is 1. The number of fused-ring (bicyclic) bond motifs is 1. The van der Waals surface area contributed by atoms with E-state index in [0.717, 1.165) is 35.8 Å². The van der Waals surface area contributed by atoms with Gasteiger partial charge in [0.1, 0.15) is 0 Å². The average Bonchev–Trinajstić information content (AvgIpc) is 2.81. The van der Waals surface area contributed by atoms with Gasteiger partial charge in [-0.05, 0) is 42.8 Å². The molecule has 0 N–H and O–H groups in total. The third-order valence-corrected chi connectivity index (χ3v) is 5.50. The number of aryl methyl sites for hydroxylation is 1. The first-order chi connectivity index (χ1) is 11.3. The molecule has 1 saturated heterocycles. The number of nitrogens with zero attached hydrogens (tertiary/aromatic N) is 4. The van der Waals surface area contributed by atoms with E-state index in [1.165, 1.54) is 35.9 Å². The number of hydrogen-bond donors (Lipinski definition) is 0. The van der Waals surface area contributed by atoms with Crippen LogP contribution in [0.2, 0.25) is 0 Å². The van der Waals surface area contributed by atoms with Crippen molar-refractivity contribution in [3.05, 3.63) is 35.5 Å². The molecule has 4 heterocycles. The summed E-state index contributed by atoms with van der Waals surface area (Å²) in [5, 5.41) is 2.19. The van der Waals surface area contributed by atoms with Crippen molar-refractivity contribution >= 4 is 27.4 Å². The molecule has 4 nitrogen and oxygen atoms in total. The monoisotopic (exact) mass is 324 g/mol. The van der Waals surface area contributed by atoms with Crippen LogP contribution in [0.5, 0.6) is 0 Å².